The predicted octanol–water partition coefficient (Wildman–Crippen LogP) is 0.729. The Balaban J connectivity index is 2.82. The first-order valence-corrected chi connectivity index (χ1v) is 6.98. The number of nitrogens with one attached hydrogen (secondary N) is 1. The number of primary sulfonamides is 1. The Morgan fingerprint density at radius 3 is 2.12 bits per heavy atom. The Labute approximate surface area is 102 Å². The number of nitrogens with two attached hydrogens (primary N) is 2. The molecule has 1 aromatic carbocycles. The van der Waals surface area contributed by atoms with Gasteiger partial charge < -0.3 is 11.1 Å². The van der Waals surface area contributed by atoms with Crippen molar-refractivity contribution >= 4 is 15.7 Å². The molecule has 1 aromatic rings. The highest BCUT2D eigenvalue weighted by Crippen LogP contribution is 2.15. The Bertz CT molecular complexity index is 454. The van der Waals surface area contributed by atoms with Crippen LogP contribution in [0.15, 0.2) is 29.2 Å². The van der Waals surface area contributed by atoms with Crippen molar-refractivity contribution in [3.63, 3.8) is 0 Å². The van der Waals surface area contributed by atoms with Gasteiger partial charge in [0.05, 0.1) is 4.90 Å². The Kier molecular flexibility index (Phi) is 4.50. The van der Waals surface area contributed by atoms with Gasteiger partial charge in [0.15, 0.2) is 0 Å². The minimum absolute atomic E-state index is 0.108. The summed E-state index contributed by atoms with van der Waals surface area (Å²) in [7, 11) is -3.62. The third-order valence-corrected chi connectivity index (χ3v) is 3.52. The molecule has 6 heteroatoms. The summed E-state index contributed by atoms with van der Waals surface area (Å²) in [5.41, 5.74) is 6.48. The largest absolute Gasteiger partial charge is 0.381 e. The smallest absolute Gasteiger partial charge is 0.238 e. The summed E-state index contributed by atoms with van der Waals surface area (Å²) < 4.78 is 22.1. The number of anilines is 1. The van der Waals surface area contributed by atoms with Crippen LogP contribution in [0.2, 0.25) is 0 Å². The highest BCUT2D eigenvalue weighted by atomic mass is 32.2. The quantitative estimate of drug-likeness (QED) is 0.724. The molecule has 0 saturated heterocycles. The topological polar surface area (TPSA) is 98.2 Å². The third-order valence-electron chi connectivity index (χ3n) is 2.59. The van der Waals surface area contributed by atoms with Crippen molar-refractivity contribution in [3.8, 4) is 0 Å². The van der Waals surface area contributed by atoms with Crippen LogP contribution < -0.4 is 16.2 Å². The van der Waals surface area contributed by atoms with Crippen molar-refractivity contribution in [2.45, 2.75) is 24.8 Å². The fourth-order valence-electron chi connectivity index (χ4n) is 1.45. The van der Waals surface area contributed by atoms with E-state index in [-0.39, 0.29) is 10.9 Å². The van der Waals surface area contributed by atoms with E-state index in [0.29, 0.717) is 12.5 Å². The summed E-state index contributed by atoms with van der Waals surface area (Å²) in [6.45, 7) is 4.67. The molecule has 1 unspecified atom stereocenters. The van der Waals surface area contributed by atoms with Gasteiger partial charge in [0.25, 0.3) is 0 Å². The second-order valence-corrected chi connectivity index (χ2v) is 5.86. The molecular weight excluding hydrogens is 238 g/mol. The monoisotopic (exact) mass is 257 g/mol. The second kappa shape index (κ2) is 5.48. The van der Waals surface area contributed by atoms with Crippen LogP contribution in [0.5, 0.6) is 0 Å². The van der Waals surface area contributed by atoms with E-state index in [1.807, 2.05) is 0 Å². The normalized spacial score (nSPS) is 13.7. The van der Waals surface area contributed by atoms with Gasteiger partial charge in [-0.05, 0) is 30.2 Å². The molecule has 1 atom stereocenters. The first-order valence-electron chi connectivity index (χ1n) is 5.44. The molecule has 0 radical (unpaired) electrons. The van der Waals surface area contributed by atoms with E-state index in [0.717, 1.165) is 5.69 Å². The van der Waals surface area contributed by atoms with Crippen molar-refractivity contribution in [2.75, 3.05) is 11.9 Å². The maximum absolute atomic E-state index is 11.1. The van der Waals surface area contributed by atoms with Crippen LogP contribution in [0.25, 0.3) is 0 Å². The molecule has 0 aliphatic carbocycles. The lowest BCUT2D eigenvalue weighted by Crippen LogP contribution is -2.33. The highest BCUT2D eigenvalue weighted by Gasteiger charge is 2.11. The summed E-state index contributed by atoms with van der Waals surface area (Å²) in [4.78, 5) is 0.108. The standard InChI is InChI=1S/C11H19N3O2S/c1-8(2)11(7-12)14-9-3-5-10(6-4-9)17(13,15)16/h3-6,8,11,14H,7,12H2,1-2H3,(H2,13,15,16). The molecule has 0 fully saturated rings. The van der Waals surface area contributed by atoms with Crippen molar-refractivity contribution in [3.05, 3.63) is 24.3 Å². The first kappa shape index (κ1) is 14.0. The van der Waals surface area contributed by atoms with Gasteiger partial charge >= 0.3 is 0 Å². The van der Waals surface area contributed by atoms with Crippen LogP contribution in [-0.2, 0) is 10.0 Å². The average Bonchev–Trinajstić information content (AvgIpc) is 2.25. The molecule has 0 aliphatic rings. The van der Waals surface area contributed by atoms with Crippen molar-refractivity contribution in [2.24, 2.45) is 16.8 Å². The van der Waals surface area contributed by atoms with Gasteiger partial charge in [0.2, 0.25) is 10.0 Å². The zero-order chi connectivity index (χ0) is 13.1. The Hall–Kier alpha value is -1.11. The summed E-state index contributed by atoms with van der Waals surface area (Å²) in [6, 6.07) is 6.49. The summed E-state index contributed by atoms with van der Waals surface area (Å²) in [6.07, 6.45) is 0. The van der Waals surface area contributed by atoms with Crippen molar-refractivity contribution in [1.82, 2.24) is 0 Å². The van der Waals surface area contributed by atoms with Gasteiger partial charge in [-0.2, -0.15) is 0 Å². The molecule has 5 N–H and O–H groups in total. The van der Waals surface area contributed by atoms with Crippen LogP contribution >= 0.6 is 0 Å². The lowest BCUT2D eigenvalue weighted by atomic mass is 10.0. The summed E-state index contributed by atoms with van der Waals surface area (Å²) in [5, 5.41) is 8.26. The average molecular weight is 257 g/mol. The van der Waals surface area contributed by atoms with E-state index in [1.54, 1.807) is 12.1 Å². The second-order valence-electron chi connectivity index (χ2n) is 4.30. The molecule has 0 amide bonds. The van der Waals surface area contributed by atoms with Crippen LogP contribution in [0, 0.1) is 5.92 Å². The predicted molar refractivity (Wildman–Crippen MR) is 69.1 cm³/mol. The van der Waals surface area contributed by atoms with E-state index in [2.05, 4.69) is 19.2 Å². The summed E-state index contributed by atoms with van der Waals surface area (Å²) in [5.74, 6) is 0.401. The molecule has 0 aromatic heterocycles. The lowest BCUT2D eigenvalue weighted by Gasteiger charge is -2.21. The molecule has 0 bridgehead atoms. The Morgan fingerprint density at radius 1 is 1.24 bits per heavy atom. The minimum Gasteiger partial charge on any atom is -0.381 e. The molecule has 0 aliphatic heterocycles. The zero-order valence-corrected chi connectivity index (χ0v) is 10.9. The van der Waals surface area contributed by atoms with Gasteiger partial charge in [0, 0.05) is 18.3 Å². The van der Waals surface area contributed by atoms with E-state index in [9.17, 15) is 8.42 Å². The number of sulfonamides is 1. The van der Waals surface area contributed by atoms with Crippen molar-refractivity contribution in [1.29, 1.82) is 0 Å². The molecule has 0 spiro atoms. The van der Waals surface area contributed by atoms with Gasteiger partial charge in [-0.15, -0.1) is 0 Å². The number of hydrogen-bond acceptors (Lipinski definition) is 4. The first-order chi connectivity index (χ1) is 7.84. The number of benzene rings is 1. The summed E-state index contributed by atoms with van der Waals surface area (Å²) >= 11 is 0. The van der Waals surface area contributed by atoms with Crippen LogP contribution in [0.4, 0.5) is 5.69 Å². The van der Waals surface area contributed by atoms with Crippen LogP contribution in [0.3, 0.4) is 0 Å². The Morgan fingerprint density at radius 2 is 1.76 bits per heavy atom. The molecule has 0 heterocycles. The van der Waals surface area contributed by atoms with E-state index < -0.39 is 10.0 Å². The van der Waals surface area contributed by atoms with Crippen LogP contribution in [-0.4, -0.2) is 21.0 Å². The molecule has 17 heavy (non-hydrogen) atoms. The van der Waals surface area contributed by atoms with Gasteiger partial charge in [-0.1, -0.05) is 13.8 Å². The van der Waals surface area contributed by atoms with Gasteiger partial charge in [-0.3, -0.25) is 0 Å². The number of rotatable bonds is 5. The van der Waals surface area contributed by atoms with E-state index in [1.165, 1.54) is 12.1 Å². The maximum Gasteiger partial charge on any atom is 0.238 e. The van der Waals surface area contributed by atoms with E-state index in [4.69, 9.17) is 10.9 Å². The third kappa shape index (κ3) is 3.99. The van der Waals surface area contributed by atoms with Crippen molar-refractivity contribution < 1.29 is 8.42 Å². The zero-order valence-electron chi connectivity index (χ0n) is 10.1. The molecular formula is C11H19N3O2S. The fourth-order valence-corrected chi connectivity index (χ4v) is 1.97. The molecule has 5 nitrogen and oxygen atoms in total. The molecule has 0 saturated carbocycles. The highest BCUT2D eigenvalue weighted by molar-refractivity contribution is 7.89. The van der Waals surface area contributed by atoms with E-state index >= 15 is 0 Å². The molecule has 1 rings (SSSR count). The van der Waals surface area contributed by atoms with Crippen LogP contribution in [0.1, 0.15) is 13.8 Å². The van der Waals surface area contributed by atoms with Gasteiger partial charge in [-0.25, -0.2) is 13.6 Å². The maximum atomic E-state index is 11.1. The van der Waals surface area contributed by atoms with Gasteiger partial charge in [0.1, 0.15) is 0 Å². The SMILES string of the molecule is CC(C)C(CN)Nc1ccc(S(N)(=O)=O)cc1. The lowest BCUT2D eigenvalue weighted by molar-refractivity contribution is 0.531. The minimum atomic E-state index is -3.62. The number of hydrogen-bond donors (Lipinski definition) is 3. The fraction of sp³-hybridized carbons (Fsp3) is 0.455. The molecule has 96 valence electrons.